The summed E-state index contributed by atoms with van der Waals surface area (Å²) >= 11 is 6.22. The van der Waals surface area contributed by atoms with Gasteiger partial charge in [0.25, 0.3) is 5.91 Å². The van der Waals surface area contributed by atoms with Crippen molar-refractivity contribution in [3.63, 3.8) is 0 Å². The molecule has 1 amide bonds. The summed E-state index contributed by atoms with van der Waals surface area (Å²) < 4.78 is 10.7. The van der Waals surface area contributed by atoms with Crippen molar-refractivity contribution in [1.29, 1.82) is 0 Å². The van der Waals surface area contributed by atoms with Crippen molar-refractivity contribution in [2.24, 2.45) is 5.10 Å². The molecule has 0 bridgehead atoms. The number of rotatable bonds is 5. The molecular formula is C22H16ClN3O4. The van der Waals surface area contributed by atoms with Crippen LogP contribution < -0.4 is 15.8 Å². The second-order valence-electron chi connectivity index (χ2n) is 6.34. The first-order valence-electron chi connectivity index (χ1n) is 9.14. The van der Waals surface area contributed by atoms with E-state index in [1.165, 1.54) is 12.3 Å². The number of nitrogens with one attached hydrogen (secondary N) is 1. The normalized spacial score (nSPS) is 11.3. The minimum atomic E-state index is -0.741. The Morgan fingerprint density at radius 2 is 2.03 bits per heavy atom. The van der Waals surface area contributed by atoms with Crippen molar-refractivity contribution in [3.8, 4) is 5.75 Å². The molecule has 0 unspecified atom stereocenters. The molecular weight excluding hydrogens is 406 g/mol. The fourth-order valence-corrected chi connectivity index (χ4v) is 3.13. The number of para-hydroxylation sites is 1. The summed E-state index contributed by atoms with van der Waals surface area (Å²) in [5.41, 5.74) is 3.05. The SMILES string of the molecule is CCOc1ccc2nc(Cl)c(/C=N/NC(=O)c3cc4ccccc4oc3=O)cc2c1. The summed E-state index contributed by atoms with van der Waals surface area (Å²) in [6, 6.07) is 15.7. The van der Waals surface area contributed by atoms with E-state index in [1.807, 2.05) is 25.1 Å². The van der Waals surface area contributed by atoms with Crippen LogP contribution in [0.25, 0.3) is 21.9 Å². The molecule has 7 nitrogen and oxygen atoms in total. The topological polar surface area (TPSA) is 93.8 Å². The highest BCUT2D eigenvalue weighted by Crippen LogP contribution is 2.23. The van der Waals surface area contributed by atoms with Gasteiger partial charge in [0.2, 0.25) is 0 Å². The van der Waals surface area contributed by atoms with E-state index in [9.17, 15) is 9.59 Å². The minimum absolute atomic E-state index is 0.144. The van der Waals surface area contributed by atoms with E-state index in [0.29, 0.717) is 34.4 Å². The monoisotopic (exact) mass is 421 g/mol. The van der Waals surface area contributed by atoms with Gasteiger partial charge in [-0.15, -0.1) is 0 Å². The Balaban J connectivity index is 1.57. The van der Waals surface area contributed by atoms with Crippen LogP contribution in [0.15, 0.2) is 68.9 Å². The van der Waals surface area contributed by atoms with Gasteiger partial charge in [0.05, 0.1) is 18.3 Å². The van der Waals surface area contributed by atoms with Crippen molar-refractivity contribution in [2.75, 3.05) is 6.61 Å². The van der Waals surface area contributed by atoms with Crippen LogP contribution in [-0.2, 0) is 0 Å². The van der Waals surface area contributed by atoms with Gasteiger partial charge in [-0.25, -0.2) is 15.2 Å². The molecule has 1 N–H and O–H groups in total. The van der Waals surface area contributed by atoms with Gasteiger partial charge in [0.1, 0.15) is 22.0 Å². The third-order valence-electron chi connectivity index (χ3n) is 4.33. The van der Waals surface area contributed by atoms with Crippen molar-refractivity contribution >= 4 is 45.6 Å². The number of benzene rings is 2. The Morgan fingerprint density at radius 1 is 1.20 bits per heavy atom. The fourth-order valence-electron chi connectivity index (χ4n) is 2.94. The van der Waals surface area contributed by atoms with Crippen LogP contribution in [0.1, 0.15) is 22.8 Å². The lowest BCUT2D eigenvalue weighted by molar-refractivity contribution is 0.0951. The maximum Gasteiger partial charge on any atom is 0.349 e. The van der Waals surface area contributed by atoms with Gasteiger partial charge < -0.3 is 9.15 Å². The van der Waals surface area contributed by atoms with Gasteiger partial charge in [0.15, 0.2) is 0 Å². The number of pyridine rings is 1. The molecule has 2 aromatic heterocycles. The van der Waals surface area contributed by atoms with E-state index in [1.54, 1.807) is 30.3 Å². The quantitative estimate of drug-likeness (QED) is 0.226. The largest absolute Gasteiger partial charge is 0.494 e. The van der Waals surface area contributed by atoms with Crippen molar-refractivity contribution in [3.05, 3.63) is 81.3 Å². The molecule has 4 aromatic rings. The van der Waals surface area contributed by atoms with E-state index in [2.05, 4.69) is 15.5 Å². The molecule has 0 fully saturated rings. The average molecular weight is 422 g/mol. The molecule has 0 radical (unpaired) electrons. The van der Waals surface area contributed by atoms with E-state index >= 15 is 0 Å². The molecule has 8 heteroatoms. The molecule has 0 aliphatic carbocycles. The van der Waals surface area contributed by atoms with Gasteiger partial charge in [-0.2, -0.15) is 5.10 Å². The molecule has 30 heavy (non-hydrogen) atoms. The maximum atomic E-state index is 12.4. The number of ether oxygens (including phenoxy) is 1. The van der Waals surface area contributed by atoms with E-state index in [-0.39, 0.29) is 10.7 Å². The van der Waals surface area contributed by atoms with Crippen LogP contribution in [0.3, 0.4) is 0 Å². The lowest BCUT2D eigenvalue weighted by atomic mass is 10.1. The Morgan fingerprint density at radius 3 is 2.87 bits per heavy atom. The number of hydrazone groups is 1. The third kappa shape index (κ3) is 4.01. The summed E-state index contributed by atoms with van der Waals surface area (Å²) in [5, 5.41) is 5.59. The highest BCUT2D eigenvalue weighted by atomic mass is 35.5. The first-order chi connectivity index (χ1) is 14.5. The van der Waals surface area contributed by atoms with Gasteiger partial charge in [-0.1, -0.05) is 29.8 Å². The van der Waals surface area contributed by atoms with Gasteiger partial charge in [-0.05, 0) is 43.3 Å². The first-order valence-corrected chi connectivity index (χ1v) is 9.52. The Labute approximate surface area is 175 Å². The second kappa shape index (κ2) is 8.34. The highest BCUT2D eigenvalue weighted by Gasteiger charge is 2.13. The Kier molecular flexibility index (Phi) is 5.45. The van der Waals surface area contributed by atoms with Crippen LogP contribution >= 0.6 is 11.6 Å². The van der Waals surface area contributed by atoms with Gasteiger partial charge in [0, 0.05) is 16.3 Å². The molecule has 0 atom stereocenters. The zero-order valence-electron chi connectivity index (χ0n) is 15.9. The number of amides is 1. The molecule has 0 saturated carbocycles. The van der Waals surface area contributed by atoms with E-state index < -0.39 is 11.5 Å². The zero-order chi connectivity index (χ0) is 21.1. The standard InChI is InChI=1S/C22H16ClN3O4/c1-2-29-16-7-8-18-14(10-16)9-15(20(23)25-18)12-24-26-21(27)17-11-13-5-3-4-6-19(13)30-22(17)28/h3-12H,2H2,1H3,(H,26,27)/b24-12+. The Hall–Kier alpha value is -3.71. The number of carbonyl (C=O) groups is 1. The lowest BCUT2D eigenvalue weighted by Crippen LogP contribution is -2.24. The van der Waals surface area contributed by atoms with Crippen LogP contribution in [0.5, 0.6) is 5.75 Å². The maximum absolute atomic E-state index is 12.4. The summed E-state index contributed by atoms with van der Waals surface area (Å²) in [6.07, 6.45) is 1.36. The number of aromatic nitrogens is 1. The van der Waals surface area contributed by atoms with Gasteiger partial charge >= 0.3 is 5.63 Å². The predicted octanol–water partition coefficient (Wildman–Crippen LogP) is 4.16. The first kappa shape index (κ1) is 19.6. The molecule has 0 aliphatic heterocycles. The molecule has 2 heterocycles. The average Bonchev–Trinajstić information content (AvgIpc) is 2.74. The fraction of sp³-hybridized carbons (Fsp3) is 0.0909. The van der Waals surface area contributed by atoms with Crippen molar-refractivity contribution in [2.45, 2.75) is 6.92 Å². The summed E-state index contributed by atoms with van der Waals surface area (Å²) in [6.45, 7) is 2.46. The summed E-state index contributed by atoms with van der Waals surface area (Å²) in [5.74, 6) is 0.0302. The number of hydrogen-bond donors (Lipinski definition) is 1. The lowest BCUT2D eigenvalue weighted by Gasteiger charge is -2.06. The third-order valence-corrected chi connectivity index (χ3v) is 4.64. The number of fused-ring (bicyclic) bond motifs is 2. The number of nitrogens with zero attached hydrogens (tertiary/aromatic N) is 2. The molecule has 0 spiro atoms. The number of halogens is 1. The van der Waals surface area contributed by atoms with Crippen LogP contribution in [0.4, 0.5) is 0 Å². The zero-order valence-corrected chi connectivity index (χ0v) is 16.6. The summed E-state index contributed by atoms with van der Waals surface area (Å²) in [7, 11) is 0. The minimum Gasteiger partial charge on any atom is -0.494 e. The second-order valence-corrected chi connectivity index (χ2v) is 6.70. The molecule has 2 aromatic carbocycles. The van der Waals surface area contributed by atoms with Gasteiger partial charge in [-0.3, -0.25) is 4.79 Å². The van der Waals surface area contributed by atoms with Crippen molar-refractivity contribution in [1.82, 2.24) is 10.4 Å². The van der Waals surface area contributed by atoms with E-state index in [4.69, 9.17) is 20.8 Å². The Bertz CT molecular complexity index is 1350. The number of hydrogen-bond acceptors (Lipinski definition) is 6. The molecule has 0 aliphatic rings. The van der Waals surface area contributed by atoms with Crippen molar-refractivity contribution < 1.29 is 13.9 Å². The summed E-state index contributed by atoms with van der Waals surface area (Å²) in [4.78, 5) is 28.8. The molecule has 0 saturated heterocycles. The van der Waals surface area contributed by atoms with Crippen LogP contribution in [-0.4, -0.2) is 23.7 Å². The highest BCUT2D eigenvalue weighted by molar-refractivity contribution is 6.32. The molecule has 150 valence electrons. The number of carbonyl (C=O) groups excluding carboxylic acids is 1. The predicted molar refractivity (Wildman–Crippen MR) is 115 cm³/mol. The molecule has 4 rings (SSSR count). The van der Waals surface area contributed by atoms with Crippen LogP contribution in [0.2, 0.25) is 5.15 Å². The smallest absolute Gasteiger partial charge is 0.349 e. The van der Waals surface area contributed by atoms with Crippen LogP contribution in [0, 0.1) is 0 Å². The van der Waals surface area contributed by atoms with E-state index in [0.717, 1.165) is 5.39 Å².